The van der Waals surface area contributed by atoms with Crippen LogP contribution in [-0.2, 0) is 19.5 Å². The minimum atomic E-state index is -4.66. The van der Waals surface area contributed by atoms with Gasteiger partial charge in [-0.15, -0.1) is 4.33 Å². The molecule has 2 amide bonds. The number of carbonyl (C=O) groups is 2. The molecular formula is C8H16N2O8S2. The van der Waals surface area contributed by atoms with Gasteiger partial charge in [-0.2, -0.15) is 8.42 Å². The molecule has 0 aromatic carbocycles. The lowest BCUT2D eigenvalue weighted by molar-refractivity contribution is -0.431. The Morgan fingerprint density at radius 3 is 2.10 bits per heavy atom. The molecule has 0 radical (unpaired) electrons. The van der Waals surface area contributed by atoms with Gasteiger partial charge in [-0.25, -0.2) is 5.26 Å². The van der Waals surface area contributed by atoms with Crippen LogP contribution in [0, 0.1) is 0 Å². The molecule has 0 aliphatic rings. The fraction of sp³-hybridized carbons (Fsp3) is 0.750. The summed E-state index contributed by atoms with van der Waals surface area (Å²) in [7, 11) is -4.66. The standard InChI is InChI=1S/C8H16N2O8S2/c11-7(19-18-17-13)9-5-3-1-2-4-6-10-8(12)20(14,15)16/h13H,1-6H2,(H,9,11)(H,10,12)(H,14,15,16). The lowest BCUT2D eigenvalue weighted by atomic mass is 10.2. The van der Waals surface area contributed by atoms with Crippen molar-refractivity contribution in [3.8, 4) is 0 Å². The summed E-state index contributed by atoms with van der Waals surface area (Å²) >= 11 is 0.304. The Hall–Kier alpha value is -0.920. The molecule has 118 valence electrons. The first-order chi connectivity index (χ1) is 9.38. The molecule has 0 atom stereocenters. The molecule has 0 aromatic heterocycles. The Labute approximate surface area is 120 Å². The highest BCUT2D eigenvalue weighted by Gasteiger charge is 2.16. The molecule has 0 aliphatic heterocycles. The second kappa shape index (κ2) is 10.8. The maximum atomic E-state index is 10.9. The first kappa shape index (κ1) is 19.1. The minimum absolute atomic E-state index is 0.141. The van der Waals surface area contributed by atoms with Gasteiger partial charge in [0.1, 0.15) is 12.0 Å². The van der Waals surface area contributed by atoms with Crippen molar-refractivity contribution in [3.05, 3.63) is 0 Å². The molecule has 0 saturated carbocycles. The number of hydrogen-bond acceptors (Lipinski definition) is 8. The summed E-state index contributed by atoms with van der Waals surface area (Å²) in [4.78, 5) is 21.6. The lowest BCUT2D eigenvalue weighted by Gasteiger charge is -2.04. The molecule has 4 N–H and O–H groups in total. The topological polar surface area (TPSA) is 151 Å². The Morgan fingerprint density at radius 2 is 1.60 bits per heavy atom. The van der Waals surface area contributed by atoms with Crippen molar-refractivity contribution in [2.45, 2.75) is 25.7 Å². The smallest absolute Gasteiger partial charge is 0.345 e. The lowest BCUT2D eigenvalue weighted by Crippen LogP contribution is -2.29. The predicted molar refractivity (Wildman–Crippen MR) is 69.2 cm³/mol. The molecule has 10 nitrogen and oxygen atoms in total. The van der Waals surface area contributed by atoms with E-state index in [-0.39, 0.29) is 6.54 Å². The van der Waals surface area contributed by atoms with Crippen molar-refractivity contribution >= 4 is 32.6 Å². The summed E-state index contributed by atoms with van der Waals surface area (Å²) in [6.45, 7) is 0.542. The van der Waals surface area contributed by atoms with Crippen molar-refractivity contribution < 1.29 is 37.2 Å². The Kier molecular flexibility index (Phi) is 10.3. The highest BCUT2D eigenvalue weighted by Crippen LogP contribution is 2.03. The summed E-state index contributed by atoms with van der Waals surface area (Å²) in [6, 6.07) is 0. The number of amides is 2. The van der Waals surface area contributed by atoms with Crippen LogP contribution < -0.4 is 10.6 Å². The quantitative estimate of drug-likeness (QED) is 0.159. The largest absolute Gasteiger partial charge is 0.363 e. The number of rotatable bonds is 9. The molecule has 0 heterocycles. The Morgan fingerprint density at radius 1 is 1.05 bits per heavy atom. The third-order valence-electron chi connectivity index (χ3n) is 2.02. The van der Waals surface area contributed by atoms with Crippen LogP contribution in [-0.4, -0.2) is 41.8 Å². The van der Waals surface area contributed by atoms with E-state index in [0.29, 0.717) is 37.8 Å². The van der Waals surface area contributed by atoms with E-state index in [9.17, 15) is 18.0 Å². The summed E-state index contributed by atoms with van der Waals surface area (Å²) < 4.78 is 32.9. The van der Waals surface area contributed by atoms with Crippen LogP contribution in [0.1, 0.15) is 25.7 Å². The fourth-order valence-electron chi connectivity index (χ4n) is 1.15. The molecule has 0 rings (SSSR count). The van der Waals surface area contributed by atoms with Crippen LogP contribution in [0.15, 0.2) is 0 Å². The first-order valence-electron chi connectivity index (χ1n) is 5.56. The molecule has 0 aliphatic carbocycles. The number of carbonyl (C=O) groups excluding carboxylic acids is 2. The SMILES string of the molecule is O=C(NCCCCCCNC(=O)S(=O)(=O)O)SOOO. The average Bonchev–Trinajstić information content (AvgIpc) is 2.37. The van der Waals surface area contributed by atoms with Gasteiger partial charge in [0.2, 0.25) is 0 Å². The molecule has 0 saturated heterocycles. The van der Waals surface area contributed by atoms with E-state index in [1.54, 1.807) is 0 Å². The van der Waals surface area contributed by atoms with Crippen LogP contribution in [0.25, 0.3) is 0 Å². The minimum Gasteiger partial charge on any atom is -0.345 e. The monoisotopic (exact) mass is 332 g/mol. The van der Waals surface area contributed by atoms with Crippen LogP contribution in [0.3, 0.4) is 0 Å². The molecule has 0 bridgehead atoms. The van der Waals surface area contributed by atoms with Gasteiger partial charge >= 0.3 is 20.6 Å². The van der Waals surface area contributed by atoms with Crippen LogP contribution in [0.5, 0.6) is 0 Å². The van der Waals surface area contributed by atoms with E-state index in [1.807, 2.05) is 0 Å². The molecule has 0 spiro atoms. The molecular weight excluding hydrogens is 316 g/mol. The Bertz CT molecular complexity index is 399. The Balaban J connectivity index is 3.37. The van der Waals surface area contributed by atoms with Gasteiger partial charge in [0.15, 0.2) is 0 Å². The summed E-state index contributed by atoms with van der Waals surface area (Å²) in [5.74, 6) is 0. The maximum Gasteiger partial charge on any atom is 0.363 e. The molecule has 0 aromatic rings. The fourth-order valence-corrected chi connectivity index (χ4v) is 1.69. The summed E-state index contributed by atoms with van der Waals surface area (Å²) in [6.07, 6.45) is 2.69. The first-order valence-corrected chi connectivity index (χ1v) is 7.74. The molecule has 12 heteroatoms. The maximum absolute atomic E-state index is 10.9. The second-order valence-corrected chi connectivity index (χ2v) is 5.54. The third-order valence-corrected chi connectivity index (χ3v) is 3.05. The van der Waals surface area contributed by atoms with E-state index in [2.05, 4.69) is 20.0 Å². The van der Waals surface area contributed by atoms with E-state index in [0.717, 1.165) is 6.42 Å². The van der Waals surface area contributed by atoms with Crippen molar-refractivity contribution in [3.63, 3.8) is 0 Å². The van der Waals surface area contributed by atoms with E-state index < -0.39 is 20.6 Å². The van der Waals surface area contributed by atoms with Gasteiger partial charge in [0, 0.05) is 13.1 Å². The van der Waals surface area contributed by atoms with Gasteiger partial charge in [0.05, 0.1) is 0 Å². The van der Waals surface area contributed by atoms with Crippen molar-refractivity contribution in [2.75, 3.05) is 13.1 Å². The van der Waals surface area contributed by atoms with Gasteiger partial charge < -0.3 is 10.6 Å². The normalized spacial score (nSPS) is 11.1. The number of nitrogens with one attached hydrogen (secondary N) is 2. The third kappa shape index (κ3) is 11.0. The average molecular weight is 332 g/mol. The second-order valence-electron chi connectivity index (χ2n) is 3.54. The zero-order chi connectivity index (χ0) is 15.4. The highest BCUT2D eigenvalue weighted by atomic mass is 32.2. The summed E-state index contributed by atoms with van der Waals surface area (Å²) in [5.41, 5.74) is 0. The van der Waals surface area contributed by atoms with Gasteiger partial charge in [-0.3, -0.25) is 14.1 Å². The van der Waals surface area contributed by atoms with E-state index in [4.69, 9.17) is 9.81 Å². The number of unbranched alkanes of at least 4 members (excludes halogenated alkanes) is 3. The van der Waals surface area contributed by atoms with Gasteiger partial charge in [0.25, 0.3) is 0 Å². The zero-order valence-electron chi connectivity index (χ0n) is 10.4. The summed E-state index contributed by atoms with van der Waals surface area (Å²) in [5, 5.41) is 13.6. The van der Waals surface area contributed by atoms with Crippen LogP contribution in [0.4, 0.5) is 9.59 Å². The molecule has 0 fully saturated rings. The van der Waals surface area contributed by atoms with Crippen LogP contribution in [0.2, 0.25) is 0 Å². The van der Waals surface area contributed by atoms with E-state index in [1.165, 1.54) is 0 Å². The predicted octanol–water partition coefficient (Wildman–Crippen LogP) is 0.923. The molecule has 20 heavy (non-hydrogen) atoms. The van der Waals surface area contributed by atoms with Gasteiger partial charge in [-0.1, -0.05) is 17.9 Å². The van der Waals surface area contributed by atoms with E-state index >= 15 is 0 Å². The molecule has 0 unspecified atom stereocenters. The van der Waals surface area contributed by atoms with Gasteiger partial charge in [-0.05, 0) is 12.8 Å². The number of hydrogen-bond donors (Lipinski definition) is 4. The van der Waals surface area contributed by atoms with Crippen LogP contribution >= 0.6 is 12.0 Å². The zero-order valence-corrected chi connectivity index (χ0v) is 12.0. The van der Waals surface area contributed by atoms with Crippen molar-refractivity contribution in [1.29, 1.82) is 0 Å². The highest BCUT2D eigenvalue weighted by molar-refractivity contribution is 8.09. The van der Waals surface area contributed by atoms with Crippen molar-refractivity contribution in [2.24, 2.45) is 0 Å². The van der Waals surface area contributed by atoms with Crippen molar-refractivity contribution in [1.82, 2.24) is 10.6 Å².